The number of benzene rings is 3. The van der Waals surface area contributed by atoms with Crippen LogP contribution in [0.3, 0.4) is 0 Å². The van der Waals surface area contributed by atoms with Gasteiger partial charge >= 0.3 is 0 Å². The number of carbonyl (C=O) groups excluding carboxylic acids is 2. The average Bonchev–Trinajstić information content (AvgIpc) is 3.58. The Morgan fingerprint density at radius 2 is 1.66 bits per heavy atom. The van der Waals surface area contributed by atoms with Crippen LogP contribution in [0.1, 0.15) is 41.7 Å². The Hall–Kier alpha value is -3.34. The highest BCUT2D eigenvalue weighted by atomic mass is 16.5. The number of ether oxygens (including phenoxy) is 1. The van der Waals surface area contributed by atoms with E-state index < -0.39 is 0 Å². The summed E-state index contributed by atoms with van der Waals surface area (Å²) in [6, 6.07) is 18.9. The second kappa shape index (κ2) is 7.95. The third-order valence-electron chi connectivity index (χ3n) is 5.29. The van der Waals surface area contributed by atoms with E-state index in [0.29, 0.717) is 11.3 Å². The Morgan fingerprint density at radius 1 is 1.00 bits per heavy atom. The molecule has 0 aromatic heterocycles. The van der Waals surface area contributed by atoms with Crippen LogP contribution in [-0.4, -0.2) is 18.9 Å². The summed E-state index contributed by atoms with van der Waals surface area (Å²) >= 11 is 0. The van der Waals surface area contributed by atoms with Gasteiger partial charge in [-0.1, -0.05) is 42.5 Å². The number of fused-ring (bicyclic) bond motifs is 1. The Kier molecular flexibility index (Phi) is 5.21. The normalized spacial score (nSPS) is 14.3. The van der Waals surface area contributed by atoms with Crippen molar-refractivity contribution >= 4 is 28.3 Å². The lowest BCUT2D eigenvalue weighted by Gasteiger charge is -2.19. The third kappa shape index (κ3) is 4.09. The summed E-state index contributed by atoms with van der Waals surface area (Å²) in [5.41, 5.74) is 1.90. The standard InChI is InChI=1S/C24H24N2O3/c1-15(19-9-5-6-10-22(19)29-2)25-24(28)20-13-17-7-3-4-8-18(17)14-21(20)26-23(27)16-11-12-16/h3-10,13-16H,11-12H2,1-2H3,(H,25,28)(H,26,27). The van der Waals surface area contributed by atoms with Crippen LogP contribution in [0.15, 0.2) is 60.7 Å². The molecule has 29 heavy (non-hydrogen) atoms. The molecule has 3 aromatic rings. The van der Waals surface area contributed by atoms with E-state index in [9.17, 15) is 9.59 Å². The Balaban J connectivity index is 1.65. The van der Waals surface area contributed by atoms with Crippen molar-refractivity contribution in [3.8, 4) is 5.75 Å². The molecule has 1 aliphatic rings. The maximum Gasteiger partial charge on any atom is 0.253 e. The first-order valence-corrected chi connectivity index (χ1v) is 9.84. The molecule has 1 aliphatic carbocycles. The maximum absolute atomic E-state index is 13.2. The summed E-state index contributed by atoms with van der Waals surface area (Å²) in [5, 5.41) is 7.93. The van der Waals surface area contributed by atoms with Crippen LogP contribution in [0.5, 0.6) is 5.75 Å². The highest BCUT2D eigenvalue weighted by Crippen LogP contribution is 2.32. The minimum absolute atomic E-state index is 0.0212. The third-order valence-corrected chi connectivity index (χ3v) is 5.29. The van der Waals surface area contributed by atoms with Gasteiger partial charge in [0, 0.05) is 11.5 Å². The number of para-hydroxylation sites is 1. The fraction of sp³-hybridized carbons (Fsp3) is 0.250. The fourth-order valence-corrected chi connectivity index (χ4v) is 3.49. The molecule has 3 aromatic carbocycles. The number of nitrogens with one attached hydrogen (secondary N) is 2. The van der Waals surface area contributed by atoms with Crippen molar-refractivity contribution in [2.24, 2.45) is 5.92 Å². The van der Waals surface area contributed by atoms with Crippen LogP contribution >= 0.6 is 0 Å². The van der Waals surface area contributed by atoms with Crippen molar-refractivity contribution < 1.29 is 14.3 Å². The molecule has 148 valence electrons. The van der Waals surface area contributed by atoms with Gasteiger partial charge in [-0.3, -0.25) is 9.59 Å². The minimum Gasteiger partial charge on any atom is -0.496 e. The molecule has 0 saturated heterocycles. The summed E-state index contributed by atoms with van der Waals surface area (Å²) in [7, 11) is 1.61. The van der Waals surface area contributed by atoms with Gasteiger partial charge < -0.3 is 15.4 Å². The molecule has 0 radical (unpaired) electrons. The van der Waals surface area contributed by atoms with Crippen molar-refractivity contribution in [1.82, 2.24) is 5.32 Å². The highest BCUT2D eigenvalue weighted by molar-refractivity contribution is 6.08. The van der Waals surface area contributed by atoms with Gasteiger partial charge in [0.1, 0.15) is 5.75 Å². The number of hydrogen-bond donors (Lipinski definition) is 2. The second-order valence-electron chi connectivity index (χ2n) is 7.45. The number of amides is 2. The van der Waals surface area contributed by atoms with Gasteiger partial charge in [-0.15, -0.1) is 0 Å². The Morgan fingerprint density at radius 3 is 2.34 bits per heavy atom. The van der Waals surface area contributed by atoms with Crippen LogP contribution in [-0.2, 0) is 4.79 Å². The smallest absolute Gasteiger partial charge is 0.253 e. The molecule has 0 bridgehead atoms. The second-order valence-corrected chi connectivity index (χ2v) is 7.45. The van der Waals surface area contributed by atoms with E-state index in [1.807, 2.05) is 67.6 Å². The molecular formula is C24H24N2O3. The van der Waals surface area contributed by atoms with Gasteiger partial charge in [-0.2, -0.15) is 0 Å². The van der Waals surface area contributed by atoms with Gasteiger partial charge in [0.2, 0.25) is 5.91 Å². The number of hydrogen-bond acceptors (Lipinski definition) is 3. The predicted molar refractivity (Wildman–Crippen MR) is 114 cm³/mol. The fourth-order valence-electron chi connectivity index (χ4n) is 3.49. The number of anilines is 1. The van der Waals surface area contributed by atoms with E-state index >= 15 is 0 Å². The van der Waals surface area contributed by atoms with Crippen molar-refractivity contribution in [2.45, 2.75) is 25.8 Å². The topological polar surface area (TPSA) is 67.4 Å². The van der Waals surface area contributed by atoms with Gasteiger partial charge in [0.15, 0.2) is 0 Å². The predicted octanol–water partition coefficient (Wildman–Crippen LogP) is 4.69. The monoisotopic (exact) mass is 388 g/mol. The van der Waals surface area contributed by atoms with Gasteiger partial charge in [-0.25, -0.2) is 0 Å². The molecule has 2 amide bonds. The van der Waals surface area contributed by atoms with E-state index in [1.54, 1.807) is 7.11 Å². The SMILES string of the molecule is COc1ccccc1C(C)NC(=O)c1cc2ccccc2cc1NC(=O)C1CC1. The van der Waals surface area contributed by atoms with E-state index in [2.05, 4.69) is 10.6 Å². The van der Waals surface area contributed by atoms with Crippen LogP contribution in [0, 0.1) is 5.92 Å². The van der Waals surface area contributed by atoms with Crippen LogP contribution in [0.25, 0.3) is 10.8 Å². The molecule has 1 atom stereocenters. The summed E-state index contributed by atoms with van der Waals surface area (Å²) in [4.78, 5) is 25.5. The lowest BCUT2D eigenvalue weighted by atomic mass is 10.0. The van der Waals surface area contributed by atoms with Crippen LogP contribution < -0.4 is 15.4 Å². The largest absolute Gasteiger partial charge is 0.496 e. The van der Waals surface area contributed by atoms with E-state index in [1.165, 1.54) is 0 Å². The van der Waals surface area contributed by atoms with Crippen LogP contribution in [0.2, 0.25) is 0 Å². The maximum atomic E-state index is 13.2. The minimum atomic E-state index is -0.253. The summed E-state index contributed by atoms with van der Waals surface area (Å²) in [6.07, 6.45) is 1.82. The summed E-state index contributed by atoms with van der Waals surface area (Å²) < 4.78 is 5.41. The molecule has 2 N–H and O–H groups in total. The highest BCUT2D eigenvalue weighted by Gasteiger charge is 2.30. The summed E-state index contributed by atoms with van der Waals surface area (Å²) in [5.74, 6) is 0.526. The van der Waals surface area contributed by atoms with E-state index in [-0.39, 0.29) is 23.8 Å². The zero-order valence-electron chi connectivity index (χ0n) is 16.6. The molecule has 1 saturated carbocycles. The van der Waals surface area contributed by atoms with Crippen LogP contribution in [0.4, 0.5) is 5.69 Å². The van der Waals surface area contributed by atoms with Gasteiger partial charge in [0.05, 0.1) is 24.4 Å². The molecule has 5 heteroatoms. The quantitative estimate of drug-likeness (QED) is 0.644. The number of carbonyl (C=O) groups is 2. The lowest BCUT2D eigenvalue weighted by molar-refractivity contribution is -0.117. The van der Waals surface area contributed by atoms with E-state index in [0.717, 1.165) is 34.9 Å². The molecule has 4 rings (SSSR count). The molecular weight excluding hydrogens is 364 g/mol. The Bertz CT molecular complexity index is 1070. The molecule has 0 heterocycles. The zero-order valence-corrected chi connectivity index (χ0v) is 16.6. The lowest BCUT2D eigenvalue weighted by Crippen LogP contribution is -2.28. The number of rotatable bonds is 6. The van der Waals surface area contributed by atoms with Crippen molar-refractivity contribution in [3.63, 3.8) is 0 Å². The van der Waals surface area contributed by atoms with Gasteiger partial charge in [-0.05, 0) is 48.7 Å². The van der Waals surface area contributed by atoms with Crippen molar-refractivity contribution in [3.05, 3.63) is 71.8 Å². The molecule has 1 unspecified atom stereocenters. The number of methoxy groups -OCH3 is 1. The first-order chi connectivity index (χ1) is 14.1. The molecule has 0 aliphatic heterocycles. The Labute approximate surface area is 170 Å². The van der Waals surface area contributed by atoms with Crippen molar-refractivity contribution in [2.75, 3.05) is 12.4 Å². The molecule has 1 fully saturated rings. The van der Waals surface area contributed by atoms with Gasteiger partial charge in [0.25, 0.3) is 5.91 Å². The zero-order chi connectivity index (χ0) is 20.4. The first-order valence-electron chi connectivity index (χ1n) is 9.84. The van der Waals surface area contributed by atoms with E-state index in [4.69, 9.17) is 4.74 Å². The summed E-state index contributed by atoms with van der Waals surface area (Å²) in [6.45, 7) is 1.92. The molecule has 0 spiro atoms. The molecule has 5 nitrogen and oxygen atoms in total. The average molecular weight is 388 g/mol. The first kappa shape index (κ1) is 19.0. The van der Waals surface area contributed by atoms with Crippen molar-refractivity contribution in [1.29, 1.82) is 0 Å².